The Kier molecular flexibility index (Phi) is 6.07. The molecule has 0 atom stereocenters. The van der Waals surface area contributed by atoms with Crippen molar-refractivity contribution in [1.29, 1.82) is 0 Å². The molecule has 0 saturated carbocycles. The lowest BCUT2D eigenvalue weighted by Gasteiger charge is -2.08. The van der Waals surface area contributed by atoms with E-state index < -0.39 is 30.8 Å². The average molecular weight is 389 g/mol. The van der Waals surface area contributed by atoms with Crippen molar-refractivity contribution in [2.45, 2.75) is 11.3 Å². The Bertz CT molecular complexity index is 676. The molecular weight excluding hydrogens is 375 g/mol. The number of hydrogen-bond acceptors (Lipinski definition) is 4. The number of nitrogens with one attached hydrogen (secondary N) is 2. The maximum atomic E-state index is 13.5. The summed E-state index contributed by atoms with van der Waals surface area (Å²) in [5.74, 6) is -0.860. The molecule has 114 valence electrons. The van der Waals surface area contributed by atoms with Crippen LogP contribution in [0.2, 0.25) is 0 Å². The van der Waals surface area contributed by atoms with Gasteiger partial charge < -0.3 is 0 Å². The van der Waals surface area contributed by atoms with Gasteiger partial charge in [0.2, 0.25) is 20.0 Å². The van der Waals surface area contributed by atoms with E-state index in [1.807, 2.05) is 0 Å². The zero-order valence-electron chi connectivity index (χ0n) is 10.6. The molecule has 10 heteroatoms. The van der Waals surface area contributed by atoms with Gasteiger partial charge in [-0.15, -0.1) is 0 Å². The minimum atomic E-state index is -3.95. The molecule has 1 rings (SSSR count). The standard InChI is InChI=1S/C10H14BrFN2O4S2/c1-19(15,16)13-5-2-6-14-20(17,18)10-4-3-8(11)7-9(10)12/h3-4,7,13-14H,2,5-6H2,1H3. The molecule has 20 heavy (non-hydrogen) atoms. The first-order chi connectivity index (χ1) is 9.12. The minimum absolute atomic E-state index is 0.000354. The zero-order chi connectivity index (χ0) is 15.4. The second-order valence-corrected chi connectivity index (χ2v) is 8.48. The van der Waals surface area contributed by atoms with Gasteiger partial charge in [0.1, 0.15) is 10.7 Å². The van der Waals surface area contributed by atoms with Gasteiger partial charge in [0.05, 0.1) is 6.26 Å². The van der Waals surface area contributed by atoms with E-state index in [4.69, 9.17) is 0 Å². The lowest BCUT2D eigenvalue weighted by Crippen LogP contribution is -2.29. The van der Waals surface area contributed by atoms with Crippen LogP contribution in [0.3, 0.4) is 0 Å². The number of sulfonamides is 2. The van der Waals surface area contributed by atoms with Crippen LogP contribution in [0.15, 0.2) is 27.6 Å². The van der Waals surface area contributed by atoms with Crippen LogP contribution in [0.25, 0.3) is 0 Å². The normalized spacial score (nSPS) is 12.6. The first-order valence-electron chi connectivity index (χ1n) is 5.51. The van der Waals surface area contributed by atoms with Crippen molar-refractivity contribution in [1.82, 2.24) is 9.44 Å². The fourth-order valence-corrected chi connectivity index (χ4v) is 3.30. The van der Waals surface area contributed by atoms with Crippen LogP contribution in [-0.4, -0.2) is 36.2 Å². The molecule has 0 amide bonds. The van der Waals surface area contributed by atoms with Crippen molar-refractivity contribution >= 4 is 36.0 Å². The molecule has 0 unspecified atom stereocenters. The van der Waals surface area contributed by atoms with Gasteiger partial charge in [0.15, 0.2) is 0 Å². The molecule has 0 bridgehead atoms. The van der Waals surface area contributed by atoms with Crippen LogP contribution < -0.4 is 9.44 Å². The molecule has 0 aliphatic carbocycles. The second-order valence-electron chi connectivity index (χ2n) is 3.99. The highest BCUT2D eigenvalue weighted by molar-refractivity contribution is 9.10. The number of hydrogen-bond donors (Lipinski definition) is 2. The van der Waals surface area contributed by atoms with Crippen molar-refractivity contribution in [3.63, 3.8) is 0 Å². The maximum absolute atomic E-state index is 13.5. The predicted molar refractivity (Wildman–Crippen MR) is 76.8 cm³/mol. The van der Waals surface area contributed by atoms with E-state index in [1.54, 1.807) is 0 Å². The Balaban J connectivity index is 2.58. The summed E-state index contributed by atoms with van der Waals surface area (Å²) in [6, 6.07) is 3.62. The van der Waals surface area contributed by atoms with Crippen molar-refractivity contribution in [2.24, 2.45) is 0 Å². The summed E-state index contributed by atoms with van der Waals surface area (Å²) >= 11 is 3.03. The first kappa shape index (κ1) is 17.5. The molecule has 0 heterocycles. The van der Waals surface area contributed by atoms with E-state index in [1.165, 1.54) is 6.07 Å². The summed E-state index contributed by atoms with van der Waals surface area (Å²) in [6.45, 7) is 0.102. The van der Waals surface area contributed by atoms with Crippen LogP contribution in [0.1, 0.15) is 6.42 Å². The summed E-state index contributed by atoms with van der Waals surface area (Å²) in [6.07, 6.45) is 1.26. The third kappa shape index (κ3) is 5.83. The van der Waals surface area contributed by atoms with Crippen molar-refractivity contribution in [2.75, 3.05) is 19.3 Å². The minimum Gasteiger partial charge on any atom is -0.215 e. The molecule has 0 spiro atoms. The van der Waals surface area contributed by atoms with Gasteiger partial charge >= 0.3 is 0 Å². The third-order valence-corrected chi connectivity index (χ3v) is 4.91. The van der Waals surface area contributed by atoms with Crippen molar-refractivity contribution < 1.29 is 21.2 Å². The molecule has 1 aromatic carbocycles. The fourth-order valence-electron chi connectivity index (χ4n) is 1.32. The summed E-state index contributed by atoms with van der Waals surface area (Å²) in [5, 5.41) is 0. The van der Waals surface area contributed by atoms with E-state index in [2.05, 4.69) is 25.4 Å². The van der Waals surface area contributed by atoms with Crippen molar-refractivity contribution in [3.05, 3.63) is 28.5 Å². The highest BCUT2D eigenvalue weighted by Gasteiger charge is 2.18. The van der Waals surface area contributed by atoms with Crippen LogP contribution in [0, 0.1) is 5.82 Å². The second kappa shape index (κ2) is 6.94. The third-order valence-electron chi connectivity index (χ3n) is 2.19. The first-order valence-corrected chi connectivity index (χ1v) is 9.68. The van der Waals surface area contributed by atoms with Gasteiger partial charge in [-0.25, -0.2) is 30.7 Å². The average Bonchev–Trinajstić information content (AvgIpc) is 2.26. The van der Waals surface area contributed by atoms with Gasteiger partial charge in [0.25, 0.3) is 0 Å². The van der Waals surface area contributed by atoms with Gasteiger partial charge in [-0.3, -0.25) is 0 Å². The molecule has 0 aliphatic rings. The molecule has 2 N–H and O–H groups in total. The summed E-state index contributed by atoms with van der Waals surface area (Å²) in [7, 11) is -7.24. The monoisotopic (exact) mass is 388 g/mol. The number of rotatable bonds is 7. The van der Waals surface area contributed by atoms with Gasteiger partial charge in [-0.2, -0.15) is 0 Å². The highest BCUT2D eigenvalue weighted by Crippen LogP contribution is 2.19. The maximum Gasteiger partial charge on any atom is 0.243 e. The van der Waals surface area contributed by atoms with Crippen molar-refractivity contribution in [3.8, 4) is 0 Å². The number of benzene rings is 1. The largest absolute Gasteiger partial charge is 0.243 e. The summed E-state index contributed by atoms with van der Waals surface area (Å²) in [5.41, 5.74) is 0. The predicted octanol–water partition coefficient (Wildman–Crippen LogP) is 0.806. The lowest BCUT2D eigenvalue weighted by molar-refractivity contribution is 0.554. The quantitative estimate of drug-likeness (QED) is 0.675. The summed E-state index contributed by atoms with van der Waals surface area (Å²) < 4.78 is 63.6. The molecular formula is C10H14BrFN2O4S2. The summed E-state index contributed by atoms with van der Waals surface area (Å²) in [4.78, 5) is -0.447. The topological polar surface area (TPSA) is 92.3 Å². The molecule has 0 radical (unpaired) electrons. The van der Waals surface area contributed by atoms with Crippen LogP contribution in [-0.2, 0) is 20.0 Å². The van der Waals surface area contributed by atoms with E-state index in [-0.39, 0.29) is 19.5 Å². The van der Waals surface area contributed by atoms with Gasteiger partial charge in [-0.05, 0) is 24.6 Å². The highest BCUT2D eigenvalue weighted by atomic mass is 79.9. The lowest BCUT2D eigenvalue weighted by atomic mass is 10.3. The number of halogens is 2. The van der Waals surface area contributed by atoms with Crippen LogP contribution >= 0.6 is 15.9 Å². The van der Waals surface area contributed by atoms with E-state index in [9.17, 15) is 21.2 Å². The smallest absolute Gasteiger partial charge is 0.215 e. The molecule has 0 aliphatic heterocycles. The van der Waals surface area contributed by atoms with Gasteiger partial charge in [0, 0.05) is 17.6 Å². The van der Waals surface area contributed by atoms with E-state index in [0.717, 1.165) is 18.4 Å². The zero-order valence-corrected chi connectivity index (χ0v) is 13.8. The van der Waals surface area contributed by atoms with Gasteiger partial charge in [-0.1, -0.05) is 15.9 Å². The molecule has 0 saturated heterocycles. The SMILES string of the molecule is CS(=O)(=O)NCCCNS(=O)(=O)c1ccc(Br)cc1F. The van der Waals surface area contributed by atoms with E-state index >= 15 is 0 Å². The Hall–Kier alpha value is -0.550. The Morgan fingerprint density at radius 3 is 2.30 bits per heavy atom. The molecule has 1 aromatic rings. The molecule has 0 fully saturated rings. The molecule has 6 nitrogen and oxygen atoms in total. The van der Waals surface area contributed by atoms with Crippen LogP contribution in [0.5, 0.6) is 0 Å². The molecule has 0 aromatic heterocycles. The Morgan fingerprint density at radius 1 is 1.15 bits per heavy atom. The van der Waals surface area contributed by atoms with Crippen LogP contribution in [0.4, 0.5) is 4.39 Å². The Morgan fingerprint density at radius 2 is 1.75 bits per heavy atom. The Labute approximate surface area is 126 Å². The fraction of sp³-hybridized carbons (Fsp3) is 0.400. The van der Waals surface area contributed by atoms with E-state index in [0.29, 0.717) is 4.47 Å².